The van der Waals surface area contributed by atoms with Crippen LogP contribution in [0.1, 0.15) is 27.2 Å². The molecule has 2 atom stereocenters. The van der Waals surface area contributed by atoms with Crippen molar-refractivity contribution < 1.29 is 14.6 Å². The third-order valence-corrected chi connectivity index (χ3v) is 4.92. The molecule has 0 aliphatic heterocycles. The molecular weight excluding hydrogens is 256 g/mol. The topological polar surface area (TPSA) is 38.7 Å². The average molecular weight is 289 g/mol. The molecule has 0 rings (SSSR count). The molecule has 0 unspecified atom stereocenters. The Balaban J connectivity index is 3.74. The molecule has 1 N–H and O–H groups in total. The first-order valence-corrected chi connectivity index (χ1v) is 10.9. The number of aliphatic hydroxyl groups is 1. The van der Waals surface area contributed by atoms with Crippen molar-refractivity contribution in [2.45, 2.75) is 65.1 Å². The number of hydrogen-bond donors (Lipinski definition) is 1. The van der Waals surface area contributed by atoms with Crippen LogP contribution < -0.4 is 0 Å². The highest BCUT2D eigenvalue weighted by Crippen LogP contribution is 2.16. The van der Waals surface area contributed by atoms with E-state index >= 15 is 0 Å². The van der Waals surface area contributed by atoms with Crippen LogP contribution in [0.25, 0.3) is 0 Å². The Morgan fingerprint density at radius 2 is 1.79 bits per heavy atom. The van der Waals surface area contributed by atoms with E-state index in [0.29, 0.717) is 13.2 Å². The third-order valence-electron chi connectivity index (χ3n) is 3.21. The largest absolute Gasteiger partial charge is 0.393 e. The van der Waals surface area contributed by atoms with E-state index in [9.17, 15) is 5.11 Å². The van der Waals surface area contributed by atoms with Gasteiger partial charge in [0.2, 0.25) is 0 Å². The average Bonchev–Trinajstić information content (AvgIpc) is 2.26. The van der Waals surface area contributed by atoms with Crippen LogP contribution in [-0.2, 0) is 9.47 Å². The maximum Gasteiger partial charge on any atom is 0.147 e. The van der Waals surface area contributed by atoms with Gasteiger partial charge in [0, 0.05) is 14.7 Å². The summed E-state index contributed by atoms with van der Waals surface area (Å²) in [6, 6.07) is 1.15. The van der Waals surface area contributed by atoms with Gasteiger partial charge in [-0.3, -0.25) is 0 Å². The molecule has 0 aliphatic rings. The zero-order chi connectivity index (χ0) is 15.1. The molecule has 0 bridgehead atoms. The molecule has 0 amide bonds. The zero-order valence-corrected chi connectivity index (χ0v) is 14.5. The SMILES string of the molecule is C=C(C[C@@H](O)C(C)C)[C@H](C)OCOCC[Si](C)(C)C. The van der Waals surface area contributed by atoms with Crippen LogP contribution in [0.3, 0.4) is 0 Å². The minimum absolute atomic E-state index is 0.0692. The van der Waals surface area contributed by atoms with E-state index in [0.717, 1.165) is 18.2 Å². The normalized spacial score (nSPS) is 15.6. The molecule has 19 heavy (non-hydrogen) atoms. The molecular formula is C15H32O3Si. The molecule has 3 nitrogen and oxygen atoms in total. The smallest absolute Gasteiger partial charge is 0.147 e. The summed E-state index contributed by atoms with van der Waals surface area (Å²) in [6.45, 7) is 18.0. The Morgan fingerprint density at radius 3 is 2.26 bits per heavy atom. The van der Waals surface area contributed by atoms with Crippen molar-refractivity contribution >= 4 is 8.07 Å². The van der Waals surface area contributed by atoms with E-state index < -0.39 is 8.07 Å². The monoisotopic (exact) mass is 288 g/mol. The van der Waals surface area contributed by atoms with E-state index in [1.807, 2.05) is 20.8 Å². The molecule has 0 fully saturated rings. The van der Waals surface area contributed by atoms with Crippen LogP contribution in [0.5, 0.6) is 0 Å². The van der Waals surface area contributed by atoms with Gasteiger partial charge in [-0.25, -0.2) is 0 Å². The van der Waals surface area contributed by atoms with Gasteiger partial charge >= 0.3 is 0 Å². The Hall–Kier alpha value is -0.163. The summed E-state index contributed by atoms with van der Waals surface area (Å²) < 4.78 is 11.1. The van der Waals surface area contributed by atoms with Crippen LogP contribution in [-0.4, -0.2) is 38.8 Å². The Bertz CT molecular complexity index is 259. The summed E-state index contributed by atoms with van der Waals surface area (Å²) in [5.74, 6) is 0.247. The van der Waals surface area contributed by atoms with Crippen molar-refractivity contribution in [1.82, 2.24) is 0 Å². The van der Waals surface area contributed by atoms with Gasteiger partial charge in [0.1, 0.15) is 6.79 Å². The summed E-state index contributed by atoms with van der Waals surface area (Å²) in [5, 5.41) is 9.80. The highest BCUT2D eigenvalue weighted by atomic mass is 28.3. The second kappa shape index (κ2) is 8.90. The van der Waals surface area contributed by atoms with Crippen molar-refractivity contribution in [2.75, 3.05) is 13.4 Å². The van der Waals surface area contributed by atoms with Gasteiger partial charge in [0.25, 0.3) is 0 Å². The highest BCUT2D eigenvalue weighted by Gasteiger charge is 2.15. The molecule has 0 aromatic rings. The predicted molar refractivity (Wildman–Crippen MR) is 84.1 cm³/mol. The van der Waals surface area contributed by atoms with Crippen molar-refractivity contribution in [3.63, 3.8) is 0 Å². The lowest BCUT2D eigenvalue weighted by molar-refractivity contribution is -0.0715. The highest BCUT2D eigenvalue weighted by molar-refractivity contribution is 6.76. The van der Waals surface area contributed by atoms with Crippen LogP contribution in [0, 0.1) is 5.92 Å². The van der Waals surface area contributed by atoms with Gasteiger partial charge < -0.3 is 14.6 Å². The molecule has 0 aliphatic carbocycles. The van der Waals surface area contributed by atoms with Gasteiger partial charge in [0.05, 0.1) is 12.2 Å². The summed E-state index contributed by atoms with van der Waals surface area (Å²) in [7, 11) is -1.02. The summed E-state index contributed by atoms with van der Waals surface area (Å²) in [4.78, 5) is 0. The van der Waals surface area contributed by atoms with E-state index in [1.165, 1.54) is 0 Å². The van der Waals surface area contributed by atoms with Crippen LogP contribution in [0.2, 0.25) is 25.7 Å². The van der Waals surface area contributed by atoms with Crippen molar-refractivity contribution in [3.05, 3.63) is 12.2 Å². The number of hydrogen-bond acceptors (Lipinski definition) is 3. The first kappa shape index (κ1) is 18.8. The number of ether oxygens (including phenoxy) is 2. The standard InChI is InChI=1S/C15H32O3Si/c1-12(2)15(16)10-13(3)14(4)18-11-17-8-9-19(5,6)7/h12,14-16H,3,8-11H2,1-2,4-7H3/t14-,15+/m0/s1. The van der Waals surface area contributed by atoms with Crippen molar-refractivity contribution in [2.24, 2.45) is 5.92 Å². The molecule has 0 spiro atoms. The Morgan fingerprint density at radius 1 is 1.21 bits per heavy atom. The summed E-state index contributed by atoms with van der Waals surface area (Å²) in [6.07, 6.45) is 0.180. The van der Waals surface area contributed by atoms with Gasteiger partial charge in [-0.15, -0.1) is 0 Å². The zero-order valence-electron chi connectivity index (χ0n) is 13.5. The second-order valence-corrected chi connectivity index (χ2v) is 12.4. The van der Waals surface area contributed by atoms with Crippen LogP contribution >= 0.6 is 0 Å². The first-order chi connectivity index (χ1) is 8.63. The lowest BCUT2D eigenvalue weighted by Crippen LogP contribution is -2.23. The van der Waals surface area contributed by atoms with E-state index in [2.05, 4.69) is 26.2 Å². The molecule has 114 valence electrons. The third kappa shape index (κ3) is 10.3. The molecule has 0 heterocycles. The predicted octanol–water partition coefficient (Wildman–Crippen LogP) is 3.67. The maximum absolute atomic E-state index is 9.80. The van der Waals surface area contributed by atoms with Gasteiger partial charge in [-0.1, -0.05) is 40.1 Å². The molecule has 4 heteroatoms. The second-order valence-electron chi connectivity index (χ2n) is 6.82. The minimum Gasteiger partial charge on any atom is -0.393 e. The summed E-state index contributed by atoms with van der Waals surface area (Å²) in [5.41, 5.74) is 0.926. The molecule has 0 radical (unpaired) electrons. The first-order valence-electron chi connectivity index (χ1n) is 7.18. The quantitative estimate of drug-likeness (QED) is 0.288. The molecule has 0 aromatic heterocycles. The van der Waals surface area contributed by atoms with Crippen LogP contribution in [0.15, 0.2) is 12.2 Å². The van der Waals surface area contributed by atoms with E-state index in [-0.39, 0.29) is 18.1 Å². The number of aliphatic hydroxyl groups excluding tert-OH is 1. The fourth-order valence-corrected chi connectivity index (χ4v) is 2.13. The Kier molecular flexibility index (Phi) is 8.82. The lowest BCUT2D eigenvalue weighted by atomic mass is 9.98. The van der Waals surface area contributed by atoms with Crippen molar-refractivity contribution in [3.8, 4) is 0 Å². The maximum atomic E-state index is 9.80. The van der Waals surface area contributed by atoms with Crippen LogP contribution in [0.4, 0.5) is 0 Å². The molecule has 0 aromatic carbocycles. The van der Waals surface area contributed by atoms with Gasteiger partial charge in [0.15, 0.2) is 0 Å². The minimum atomic E-state index is -1.02. The van der Waals surface area contributed by atoms with E-state index in [4.69, 9.17) is 9.47 Å². The Labute approximate surface area is 120 Å². The molecule has 0 saturated carbocycles. The fourth-order valence-electron chi connectivity index (χ4n) is 1.38. The number of rotatable bonds is 10. The lowest BCUT2D eigenvalue weighted by Gasteiger charge is -2.21. The molecule has 0 saturated heterocycles. The van der Waals surface area contributed by atoms with Gasteiger partial charge in [-0.2, -0.15) is 0 Å². The van der Waals surface area contributed by atoms with Crippen molar-refractivity contribution in [1.29, 1.82) is 0 Å². The van der Waals surface area contributed by atoms with Gasteiger partial charge in [-0.05, 0) is 30.9 Å². The fraction of sp³-hybridized carbons (Fsp3) is 0.867. The van der Waals surface area contributed by atoms with E-state index in [1.54, 1.807) is 0 Å². The summed E-state index contributed by atoms with van der Waals surface area (Å²) >= 11 is 0.